The molecule has 0 aromatic heterocycles. The number of nitro groups is 1. The number of rotatable bonds is 13. The second kappa shape index (κ2) is 12.4. The van der Waals surface area contributed by atoms with Crippen molar-refractivity contribution in [3.8, 4) is 0 Å². The van der Waals surface area contributed by atoms with Gasteiger partial charge in [0.05, 0.1) is 17.6 Å². The number of amides is 2. The van der Waals surface area contributed by atoms with Gasteiger partial charge in [-0.25, -0.2) is 15.1 Å². The van der Waals surface area contributed by atoms with Crippen molar-refractivity contribution in [2.45, 2.75) is 111 Å². The molecule has 2 amide bonds. The van der Waals surface area contributed by atoms with E-state index in [-0.39, 0.29) is 59.2 Å². The second-order valence-electron chi connectivity index (χ2n) is 12.7. The van der Waals surface area contributed by atoms with Gasteiger partial charge in [-0.1, -0.05) is 47.0 Å². The molecule has 1 heterocycles. The molecule has 39 heavy (non-hydrogen) atoms. The highest BCUT2D eigenvalue weighted by molar-refractivity contribution is 6.48. The third kappa shape index (κ3) is 7.03. The van der Waals surface area contributed by atoms with Gasteiger partial charge < -0.3 is 25.7 Å². The first-order valence-corrected chi connectivity index (χ1v) is 14.3. The zero-order valence-electron chi connectivity index (χ0n) is 24.5. The Bertz CT molecular complexity index is 948. The van der Waals surface area contributed by atoms with Gasteiger partial charge in [-0.3, -0.25) is 9.59 Å². The van der Waals surface area contributed by atoms with Gasteiger partial charge in [0.1, 0.15) is 6.04 Å². The van der Waals surface area contributed by atoms with Crippen LogP contribution in [0.1, 0.15) is 87.0 Å². The Labute approximate surface area is 232 Å². The summed E-state index contributed by atoms with van der Waals surface area (Å²) >= 11 is 0. The van der Waals surface area contributed by atoms with Crippen LogP contribution in [0.3, 0.4) is 0 Å². The van der Waals surface area contributed by atoms with Gasteiger partial charge in [0, 0.05) is 12.5 Å². The van der Waals surface area contributed by atoms with Crippen LogP contribution >= 0.6 is 0 Å². The highest BCUT2D eigenvalue weighted by Crippen LogP contribution is 2.65. The molecule has 1 aliphatic heterocycles. The predicted molar refractivity (Wildman–Crippen MR) is 149 cm³/mol. The maximum Gasteiger partial charge on any atom is 0.481 e. The lowest BCUT2D eigenvalue weighted by molar-refractivity contribution is -0.525. The number of nitrogens with zero attached hydrogens (tertiary/aromatic N) is 2. The van der Waals surface area contributed by atoms with Crippen LogP contribution in [-0.4, -0.2) is 60.2 Å². The molecule has 3 aliphatic carbocycles. The predicted octanol–water partition coefficient (Wildman–Crippen LogP) is 2.19. The van der Waals surface area contributed by atoms with Crippen LogP contribution in [0.5, 0.6) is 0 Å². The van der Waals surface area contributed by atoms with Crippen LogP contribution in [-0.2, 0) is 18.9 Å². The van der Waals surface area contributed by atoms with Crippen molar-refractivity contribution in [1.29, 1.82) is 0 Å². The van der Waals surface area contributed by atoms with Gasteiger partial charge in [0.25, 0.3) is 5.96 Å². The molecule has 1 unspecified atom stereocenters. The molecule has 4 aliphatic rings. The fraction of sp³-hybridized carbons (Fsp3) is 0.885. The van der Waals surface area contributed by atoms with E-state index in [9.17, 15) is 19.7 Å². The molecule has 4 rings (SSSR count). The molecular formula is C26H47BN6O6. The summed E-state index contributed by atoms with van der Waals surface area (Å²) < 4.78 is 13.1. The van der Waals surface area contributed by atoms with Gasteiger partial charge in [-0.2, -0.15) is 0 Å². The molecule has 1 saturated heterocycles. The normalized spacial score (nSPS) is 29.6. The fourth-order valence-electron chi connectivity index (χ4n) is 6.49. The van der Waals surface area contributed by atoms with Gasteiger partial charge >= 0.3 is 7.12 Å². The molecule has 3 saturated carbocycles. The molecule has 7 atom stereocenters. The largest absolute Gasteiger partial charge is 0.481 e. The first-order valence-electron chi connectivity index (χ1n) is 14.3. The monoisotopic (exact) mass is 550 g/mol. The molecule has 5 N–H and O–H groups in total. The van der Waals surface area contributed by atoms with E-state index in [0.29, 0.717) is 37.5 Å². The van der Waals surface area contributed by atoms with Crippen LogP contribution in [0.2, 0.25) is 0 Å². The molecular weight excluding hydrogens is 503 g/mol. The number of carbonyl (C=O) groups excluding carboxylic acids is 2. The van der Waals surface area contributed by atoms with Gasteiger partial charge in [-0.05, 0) is 68.6 Å². The maximum atomic E-state index is 13.6. The summed E-state index contributed by atoms with van der Waals surface area (Å²) in [5, 5.41) is 15.7. The Balaban J connectivity index is 1.70. The second-order valence-corrected chi connectivity index (χ2v) is 12.7. The highest BCUT2D eigenvalue weighted by atomic mass is 16.7. The number of hydrazine groups is 1. The van der Waals surface area contributed by atoms with Gasteiger partial charge in [-0.15, -0.1) is 0 Å². The fourth-order valence-corrected chi connectivity index (χ4v) is 6.49. The van der Waals surface area contributed by atoms with Crippen molar-refractivity contribution >= 4 is 24.9 Å². The van der Waals surface area contributed by atoms with Crippen LogP contribution in [0.25, 0.3) is 0 Å². The van der Waals surface area contributed by atoms with E-state index in [1.165, 1.54) is 0 Å². The number of aliphatic imine (C=N–C) groups is 1. The summed E-state index contributed by atoms with van der Waals surface area (Å²) in [6, 6.07) is -0.799. The summed E-state index contributed by atoms with van der Waals surface area (Å²) in [5.41, 5.74) is 7.10. The molecule has 0 aromatic carbocycles. The van der Waals surface area contributed by atoms with Crippen molar-refractivity contribution in [2.75, 3.05) is 6.54 Å². The summed E-state index contributed by atoms with van der Waals surface area (Å²) in [6.07, 6.45) is 4.10. The van der Waals surface area contributed by atoms with Crippen LogP contribution in [0, 0.1) is 39.2 Å². The lowest BCUT2D eigenvalue weighted by Gasteiger charge is -2.64. The van der Waals surface area contributed by atoms with Gasteiger partial charge in [0.15, 0.2) is 5.03 Å². The Morgan fingerprint density at radius 1 is 1.18 bits per heavy atom. The first-order chi connectivity index (χ1) is 18.2. The van der Waals surface area contributed by atoms with Crippen molar-refractivity contribution < 1.29 is 23.9 Å². The van der Waals surface area contributed by atoms with Crippen LogP contribution in [0.4, 0.5) is 0 Å². The number of nitrogens with two attached hydrogens (primary N) is 1. The Morgan fingerprint density at radius 3 is 2.46 bits per heavy atom. The van der Waals surface area contributed by atoms with Crippen molar-refractivity contribution in [2.24, 2.45) is 39.8 Å². The van der Waals surface area contributed by atoms with E-state index in [1.54, 1.807) is 5.43 Å². The van der Waals surface area contributed by atoms with Crippen molar-refractivity contribution in [3.05, 3.63) is 10.1 Å². The Morgan fingerprint density at radius 2 is 1.87 bits per heavy atom. The quantitative estimate of drug-likeness (QED) is 0.0675. The van der Waals surface area contributed by atoms with E-state index in [1.807, 2.05) is 13.8 Å². The average Bonchev–Trinajstić information content (AvgIpc) is 3.21. The maximum absolute atomic E-state index is 13.6. The SMILES string of the molecule is CCC(C)C(=O)N[C@@H](CCCN=C(N)N[N+](=O)[O-])C(=O)N[C@@H](CC(C)C)B1O[C@@H]2C[C@H]3C[C@H](C3(C)C)[C@]2(C)O1. The molecule has 0 aromatic rings. The van der Waals surface area contributed by atoms with Crippen molar-refractivity contribution in [3.63, 3.8) is 0 Å². The van der Waals surface area contributed by atoms with E-state index in [4.69, 9.17) is 15.0 Å². The molecule has 0 spiro atoms. The minimum absolute atomic E-state index is 0.00263. The molecule has 0 radical (unpaired) electrons. The standard InChI is InChI=1S/C26H47BN6O6/c1-8-16(4)22(34)30-18(10-9-11-29-24(28)32-33(36)37)23(35)31-21(12-15(2)3)27-38-20-14-17-13-19(25(17,5)6)26(20,7)39-27/h15-21H,8-14H2,1-7H3,(H,30,34)(H,31,35)(H3,28,29,32)/t16?,17-,18+,19-,20-,21+,26+/m1/s1. The van der Waals surface area contributed by atoms with E-state index in [2.05, 4.69) is 50.2 Å². The molecule has 2 bridgehead atoms. The Kier molecular flexibility index (Phi) is 9.90. The zero-order chi connectivity index (χ0) is 29.1. The summed E-state index contributed by atoms with van der Waals surface area (Å²) in [7, 11) is -0.565. The van der Waals surface area contributed by atoms with E-state index >= 15 is 0 Å². The van der Waals surface area contributed by atoms with Crippen LogP contribution in [0.15, 0.2) is 4.99 Å². The summed E-state index contributed by atoms with van der Waals surface area (Å²) in [5.74, 6) is -0.131. The number of carbonyl (C=O) groups is 2. The smallest absolute Gasteiger partial charge is 0.404 e. The van der Waals surface area contributed by atoms with E-state index < -0.39 is 18.2 Å². The van der Waals surface area contributed by atoms with Gasteiger partial charge in [0.2, 0.25) is 11.8 Å². The molecule has 4 fully saturated rings. The minimum atomic E-state index is -0.799. The summed E-state index contributed by atoms with van der Waals surface area (Å²) in [6.45, 7) is 14.9. The third-order valence-electron chi connectivity index (χ3n) is 9.18. The minimum Gasteiger partial charge on any atom is -0.404 e. The molecule has 13 heteroatoms. The highest BCUT2D eigenvalue weighted by Gasteiger charge is 2.68. The number of hydrogen-bond donors (Lipinski definition) is 4. The topological polar surface area (TPSA) is 170 Å². The number of nitrogens with one attached hydrogen (secondary N) is 3. The van der Waals surface area contributed by atoms with E-state index in [0.717, 1.165) is 12.8 Å². The molecule has 220 valence electrons. The number of guanidine groups is 1. The zero-order valence-corrected chi connectivity index (χ0v) is 24.5. The summed E-state index contributed by atoms with van der Waals surface area (Å²) in [4.78, 5) is 40.7. The lowest BCUT2D eigenvalue weighted by atomic mass is 9.43. The third-order valence-corrected chi connectivity index (χ3v) is 9.18. The average molecular weight is 551 g/mol. The Hall–Kier alpha value is -2.41. The molecule has 12 nitrogen and oxygen atoms in total. The van der Waals surface area contributed by atoms with Crippen LogP contribution < -0.4 is 21.8 Å². The van der Waals surface area contributed by atoms with Crippen molar-refractivity contribution in [1.82, 2.24) is 16.1 Å². The number of hydrogen-bond acceptors (Lipinski definition) is 7. The first kappa shape index (κ1) is 31.1. The lowest BCUT2D eigenvalue weighted by Crippen LogP contribution is -2.65.